The highest BCUT2D eigenvalue weighted by Crippen LogP contribution is 2.38. The topological polar surface area (TPSA) is 121 Å². The van der Waals surface area contributed by atoms with E-state index in [1.165, 1.54) is 0 Å². The first-order valence-electron chi connectivity index (χ1n) is 17.5. The largest absolute Gasteiger partial charge is 0.488 e. The van der Waals surface area contributed by atoms with Gasteiger partial charge in [0.1, 0.15) is 6.61 Å². The molecule has 0 bridgehead atoms. The zero-order valence-corrected chi connectivity index (χ0v) is 29.4. The van der Waals surface area contributed by atoms with E-state index in [2.05, 4.69) is 30.8 Å². The molecular weight excluding hydrogens is 683 g/mol. The van der Waals surface area contributed by atoms with Crippen LogP contribution in [0, 0.1) is 37.2 Å². The Kier molecular flexibility index (Phi) is 13.9. The van der Waals surface area contributed by atoms with E-state index in [1.54, 1.807) is 4.90 Å². The van der Waals surface area contributed by atoms with Gasteiger partial charge in [-0.25, -0.2) is 18.4 Å². The summed E-state index contributed by atoms with van der Waals surface area (Å²) in [5.41, 5.74) is 5.33. The standard InChI is InChI=1S/C38H46F3N3O8/c1-25-5-3-7-29(26(25)2)23-43(30-12-13-30)37(45)32-24-42(38(46)51-21-19-49-20-22-52-44(47)48)17-16-31(32)28-10-8-27(9-11-28)6-4-18-50-36-34(40)15-14-33(39)35(36)41/h3,5,7-11,14-15,30-32,47-48H,4,6,12-13,16-24H2,1-2H3. The Morgan fingerprint density at radius 2 is 1.62 bits per heavy atom. The van der Waals surface area contributed by atoms with Crippen molar-refractivity contribution in [3.05, 3.63) is 99.9 Å². The smallest absolute Gasteiger partial charge is 0.409 e. The molecule has 282 valence electrons. The Hall–Kier alpha value is -4.21. The number of hydrogen-bond donors (Lipinski definition) is 2. The summed E-state index contributed by atoms with van der Waals surface area (Å²) in [6.45, 7) is 5.17. The van der Waals surface area contributed by atoms with Crippen LogP contribution in [0.4, 0.5) is 18.0 Å². The molecule has 2 amide bonds. The van der Waals surface area contributed by atoms with Gasteiger partial charge in [0.2, 0.25) is 11.7 Å². The molecule has 3 aromatic rings. The molecule has 1 aliphatic carbocycles. The van der Waals surface area contributed by atoms with Gasteiger partial charge in [0, 0.05) is 25.7 Å². The summed E-state index contributed by atoms with van der Waals surface area (Å²) in [5, 5.41) is 16.7. The minimum atomic E-state index is -1.35. The lowest BCUT2D eigenvalue weighted by Gasteiger charge is -2.40. The SMILES string of the molecule is Cc1cccc(CN(C(=O)C2CN(C(=O)OCCOCCON(O)O)CCC2c2ccc(CCCOc3c(F)ccc(F)c3F)cc2)C2CC2)c1C. The third kappa shape index (κ3) is 10.4. The van der Waals surface area contributed by atoms with Crippen molar-refractivity contribution in [2.45, 2.75) is 64.5 Å². The average Bonchev–Trinajstić information content (AvgIpc) is 3.98. The molecule has 1 saturated heterocycles. The predicted octanol–water partition coefficient (Wildman–Crippen LogP) is 6.49. The first-order valence-corrected chi connectivity index (χ1v) is 17.5. The Balaban J connectivity index is 1.25. The molecule has 0 spiro atoms. The van der Waals surface area contributed by atoms with Gasteiger partial charge in [0.25, 0.3) is 0 Å². The second kappa shape index (κ2) is 18.5. The third-order valence-corrected chi connectivity index (χ3v) is 9.67. The number of hydrogen-bond acceptors (Lipinski definition) is 9. The Bertz CT molecular complexity index is 1660. The monoisotopic (exact) mass is 729 g/mol. The molecule has 0 radical (unpaired) electrons. The van der Waals surface area contributed by atoms with Crippen molar-refractivity contribution in [2.75, 3.05) is 46.1 Å². The second-order valence-electron chi connectivity index (χ2n) is 13.2. The summed E-state index contributed by atoms with van der Waals surface area (Å²) in [4.78, 5) is 35.7. The van der Waals surface area contributed by atoms with E-state index in [-0.39, 0.29) is 57.4 Å². The number of nitrogens with zero attached hydrogens (tertiary/aromatic N) is 3. The minimum Gasteiger partial charge on any atom is -0.488 e. The molecule has 2 fully saturated rings. The highest BCUT2D eigenvalue weighted by atomic mass is 19.2. The number of carbonyl (C=O) groups is 2. The zero-order valence-electron chi connectivity index (χ0n) is 29.4. The van der Waals surface area contributed by atoms with Gasteiger partial charge in [-0.3, -0.25) is 15.2 Å². The summed E-state index contributed by atoms with van der Waals surface area (Å²) < 4.78 is 57.3. The highest BCUT2D eigenvalue weighted by Gasteiger charge is 2.43. The van der Waals surface area contributed by atoms with Crippen molar-refractivity contribution < 1.29 is 52.2 Å². The molecular formula is C38H46F3N3O8. The number of carbonyl (C=O) groups excluding carboxylic acids is 2. The van der Waals surface area contributed by atoms with Gasteiger partial charge < -0.3 is 24.0 Å². The summed E-state index contributed by atoms with van der Waals surface area (Å²) in [5.74, 6) is -4.89. The maximum atomic E-state index is 14.6. The van der Waals surface area contributed by atoms with Gasteiger partial charge in [0.05, 0.1) is 37.7 Å². The summed E-state index contributed by atoms with van der Waals surface area (Å²) in [6, 6.07) is 15.7. The van der Waals surface area contributed by atoms with E-state index in [0.29, 0.717) is 38.4 Å². The van der Waals surface area contributed by atoms with Crippen molar-refractivity contribution in [1.82, 2.24) is 15.2 Å². The van der Waals surface area contributed by atoms with Gasteiger partial charge in [-0.15, -0.1) is 0 Å². The van der Waals surface area contributed by atoms with Crippen LogP contribution >= 0.6 is 0 Å². The van der Waals surface area contributed by atoms with Crippen LogP contribution in [0.1, 0.15) is 59.4 Å². The Morgan fingerprint density at radius 3 is 2.35 bits per heavy atom. The minimum absolute atomic E-state index is 0.00547. The van der Waals surface area contributed by atoms with E-state index in [0.717, 1.165) is 46.7 Å². The average molecular weight is 730 g/mol. The summed E-state index contributed by atoms with van der Waals surface area (Å²) in [7, 11) is 0. The third-order valence-electron chi connectivity index (χ3n) is 9.67. The Morgan fingerprint density at radius 1 is 0.885 bits per heavy atom. The van der Waals surface area contributed by atoms with E-state index >= 15 is 0 Å². The van der Waals surface area contributed by atoms with Crippen LogP contribution in [0.25, 0.3) is 0 Å². The lowest BCUT2D eigenvalue weighted by atomic mass is 9.79. The lowest BCUT2D eigenvalue weighted by molar-refractivity contribution is -0.493. The molecule has 2 unspecified atom stereocenters. The number of halogens is 3. The summed E-state index contributed by atoms with van der Waals surface area (Å²) >= 11 is 0. The van der Waals surface area contributed by atoms with Crippen LogP contribution in [0.15, 0.2) is 54.6 Å². The number of ether oxygens (including phenoxy) is 3. The van der Waals surface area contributed by atoms with Crippen LogP contribution < -0.4 is 4.74 Å². The first-order chi connectivity index (χ1) is 25.0. The van der Waals surface area contributed by atoms with E-state index in [1.807, 2.05) is 35.2 Å². The quantitative estimate of drug-likeness (QED) is 0.0912. The first kappa shape index (κ1) is 39.0. The lowest BCUT2D eigenvalue weighted by Crippen LogP contribution is -2.50. The number of aryl methyl sites for hydroxylation is 2. The molecule has 1 saturated carbocycles. The van der Waals surface area contributed by atoms with Crippen LogP contribution in [0.3, 0.4) is 0 Å². The van der Waals surface area contributed by atoms with Crippen molar-refractivity contribution in [2.24, 2.45) is 5.92 Å². The van der Waals surface area contributed by atoms with Crippen LogP contribution in [-0.4, -0.2) is 89.8 Å². The maximum absolute atomic E-state index is 14.6. The van der Waals surface area contributed by atoms with Crippen molar-refractivity contribution >= 4 is 12.0 Å². The molecule has 11 nitrogen and oxygen atoms in total. The molecule has 5 rings (SSSR count). The van der Waals surface area contributed by atoms with E-state index in [9.17, 15) is 22.8 Å². The molecule has 2 aliphatic rings. The molecule has 2 N–H and O–H groups in total. The normalized spacial score (nSPS) is 17.3. The van der Waals surface area contributed by atoms with Gasteiger partial charge in [-0.1, -0.05) is 42.5 Å². The predicted molar refractivity (Wildman–Crippen MR) is 182 cm³/mol. The van der Waals surface area contributed by atoms with Gasteiger partial charge in [-0.05, 0) is 91.8 Å². The van der Waals surface area contributed by atoms with Crippen molar-refractivity contribution in [3.8, 4) is 5.75 Å². The van der Waals surface area contributed by atoms with E-state index < -0.39 is 40.6 Å². The fourth-order valence-corrected chi connectivity index (χ4v) is 6.50. The number of rotatable bonds is 17. The molecule has 52 heavy (non-hydrogen) atoms. The molecule has 1 aliphatic heterocycles. The number of benzene rings is 3. The molecule has 14 heteroatoms. The van der Waals surface area contributed by atoms with Crippen LogP contribution in [0.5, 0.6) is 5.75 Å². The fraction of sp³-hybridized carbons (Fsp3) is 0.474. The second-order valence-corrected chi connectivity index (χ2v) is 13.2. The van der Waals surface area contributed by atoms with E-state index in [4.69, 9.17) is 24.6 Å². The van der Waals surface area contributed by atoms with Crippen molar-refractivity contribution in [1.29, 1.82) is 0 Å². The van der Waals surface area contributed by atoms with Crippen LogP contribution in [-0.2, 0) is 32.1 Å². The zero-order chi connectivity index (χ0) is 37.2. The van der Waals surface area contributed by atoms with Crippen molar-refractivity contribution in [3.63, 3.8) is 0 Å². The number of piperidine rings is 1. The maximum Gasteiger partial charge on any atom is 0.409 e. The molecule has 3 aromatic carbocycles. The number of amides is 2. The molecule has 2 atom stereocenters. The summed E-state index contributed by atoms with van der Waals surface area (Å²) in [6.07, 6.45) is 2.84. The molecule has 0 aromatic heterocycles. The van der Waals surface area contributed by atoms with Gasteiger partial charge >= 0.3 is 6.09 Å². The number of likely N-dealkylation sites (tertiary alicyclic amines) is 1. The fourth-order valence-electron chi connectivity index (χ4n) is 6.50. The highest BCUT2D eigenvalue weighted by molar-refractivity contribution is 5.82. The van der Waals surface area contributed by atoms with Gasteiger partial charge in [-0.2, -0.15) is 4.39 Å². The molecule has 1 heterocycles. The Labute approximate surface area is 301 Å². The van der Waals surface area contributed by atoms with Crippen LogP contribution in [0.2, 0.25) is 0 Å². The van der Waals surface area contributed by atoms with Gasteiger partial charge in [0.15, 0.2) is 17.4 Å².